The lowest BCUT2D eigenvalue weighted by molar-refractivity contribution is 0.0600. The number of aromatic nitrogens is 2. The minimum Gasteiger partial charge on any atom is -0.465 e. The van der Waals surface area contributed by atoms with Crippen molar-refractivity contribution >= 4 is 35.4 Å². The number of carbonyl (C=O) groups excluding carboxylic acids is 2. The van der Waals surface area contributed by atoms with Crippen molar-refractivity contribution in [3.05, 3.63) is 45.6 Å². The fraction of sp³-hybridized carbons (Fsp3) is 0.263. The van der Waals surface area contributed by atoms with E-state index < -0.39 is 18.0 Å². The van der Waals surface area contributed by atoms with E-state index in [1.165, 1.54) is 34.9 Å². The fourth-order valence-electron chi connectivity index (χ4n) is 3.16. The topological polar surface area (TPSA) is 154 Å². The van der Waals surface area contributed by atoms with E-state index in [9.17, 15) is 14.4 Å². The minimum absolute atomic E-state index is 0.0125. The lowest BCUT2D eigenvalue weighted by Gasteiger charge is -2.13. The average molecular weight is 432 g/mol. The molecule has 30 heavy (non-hydrogen) atoms. The summed E-state index contributed by atoms with van der Waals surface area (Å²) >= 11 is 6.14. The number of likely N-dealkylation sites (tertiary alicyclic amines) is 1. The van der Waals surface area contributed by atoms with E-state index >= 15 is 0 Å². The van der Waals surface area contributed by atoms with Gasteiger partial charge in [0.25, 0.3) is 5.91 Å². The number of hydrogen-bond donors (Lipinski definition) is 3. The Bertz CT molecular complexity index is 1100. The van der Waals surface area contributed by atoms with Crippen LogP contribution in [0.1, 0.15) is 44.4 Å². The number of nitrogen functional groups attached to an aromatic ring is 1. The summed E-state index contributed by atoms with van der Waals surface area (Å²) in [6.07, 6.45) is -0.561. The summed E-state index contributed by atoms with van der Waals surface area (Å²) in [5, 5.41) is 13.7. The van der Waals surface area contributed by atoms with Crippen LogP contribution in [0.15, 0.2) is 18.2 Å². The van der Waals surface area contributed by atoms with Gasteiger partial charge in [0.1, 0.15) is 11.4 Å². The van der Waals surface area contributed by atoms with E-state index in [0.29, 0.717) is 18.5 Å². The molecule has 1 aromatic carbocycles. The third kappa shape index (κ3) is 4.01. The molecule has 1 unspecified atom stereocenters. The maximum atomic E-state index is 11.9. The van der Waals surface area contributed by atoms with Crippen molar-refractivity contribution in [1.82, 2.24) is 14.7 Å². The minimum atomic E-state index is -1.04. The Kier molecular flexibility index (Phi) is 5.84. The van der Waals surface area contributed by atoms with Crippen LogP contribution in [0.2, 0.25) is 5.02 Å². The number of nitrogens with two attached hydrogens (primary N) is 2. The first-order valence-corrected chi connectivity index (χ1v) is 9.16. The number of benzene rings is 1. The van der Waals surface area contributed by atoms with Crippen molar-refractivity contribution < 1.29 is 24.2 Å². The molecular formula is C19H18ClN5O5. The molecule has 0 radical (unpaired) electrons. The zero-order valence-corrected chi connectivity index (χ0v) is 16.6. The van der Waals surface area contributed by atoms with Crippen molar-refractivity contribution in [2.75, 3.05) is 25.9 Å². The van der Waals surface area contributed by atoms with Gasteiger partial charge in [-0.15, -0.1) is 0 Å². The van der Waals surface area contributed by atoms with E-state index in [0.717, 1.165) is 0 Å². The molecule has 0 saturated carbocycles. The first-order valence-electron chi connectivity index (χ1n) is 8.78. The second kappa shape index (κ2) is 8.34. The molecule has 1 fully saturated rings. The van der Waals surface area contributed by atoms with Gasteiger partial charge in [-0.05, 0) is 30.5 Å². The number of rotatable bonds is 3. The number of esters is 1. The summed E-state index contributed by atoms with van der Waals surface area (Å²) in [6, 6.07) is 4.10. The Balaban J connectivity index is 2.00. The Morgan fingerprint density at radius 1 is 1.33 bits per heavy atom. The molecule has 5 N–H and O–H groups in total. The van der Waals surface area contributed by atoms with Crippen LogP contribution in [-0.2, 0) is 4.74 Å². The van der Waals surface area contributed by atoms with E-state index in [1.54, 1.807) is 0 Å². The van der Waals surface area contributed by atoms with Crippen LogP contribution in [0.25, 0.3) is 0 Å². The van der Waals surface area contributed by atoms with Gasteiger partial charge in [0, 0.05) is 18.7 Å². The maximum Gasteiger partial charge on any atom is 0.407 e. The smallest absolute Gasteiger partial charge is 0.407 e. The Hall–Kier alpha value is -3.71. The normalized spacial score (nSPS) is 15.4. The average Bonchev–Trinajstić information content (AvgIpc) is 3.31. The lowest BCUT2D eigenvalue weighted by atomic mass is 10.1. The van der Waals surface area contributed by atoms with Crippen LogP contribution < -0.4 is 11.5 Å². The summed E-state index contributed by atoms with van der Waals surface area (Å²) in [6.45, 7) is 0.501. The number of anilines is 1. The molecule has 0 spiro atoms. The quantitative estimate of drug-likeness (QED) is 0.489. The van der Waals surface area contributed by atoms with Crippen LogP contribution in [0, 0.1) is 11.8 Å². The number of carbonyl (C=O) groups is 3. The van der Waals surface area contributed by atoms with Crippen molar-refractivity contribution in [2.24, 2.45) is 5.73 Å². The lowest BCUT2D eigenvalue weighted by Crippen LogP contribution is -2.27. The van der Waals surface area contributed by atoms with Crippen LogP contribution >= 0.6 is 11.6 Å². The summed E-state index contributed by atoms with van der Waals surface area (Å²) < 4.78 is 6.05. The van der Waals surface area contributed by atoms with Gasteiger partial charge in [0.2, 0.25) is 0 Å². The van der Waals surface area contributed by atoms with Crippen LogP contribution in [-0.4, -0.2) is 58.0 Å². The SMILES string of the molecule is COC(=O)c1ccc(Cl)c(C#Cc2nn(C3CCN(C(=O)O)C3)c(N)c2C(N)=O)c1. The molecule has 156 valence electrons. The molecule has 3 rings (SSSR count). The summed E-state index contributed by atoms with van der Waals surface area (Å²) in [5.41, 5.74) is 12.1. The molecule has 11 heteroatoms. The molecule has 2 amide bonds. The molecule has 1 atom stereocenters. The second-order valence-corrected chi connectivity index (χ2v) is 6.93. The number of methoxy groups -OCH3 is 1. The van der Waals surface area contributed by atoms with Gasteiger partial charge in [0.05, 0.1) is 23.7 Å². The zero-order valence-electron chi connectivity index (χ0n) is 15.9. The van der Waals surface area contributed by atoms with Gasteiger partial charge in [-0.25, -0.2) is 14.3 Å². The molecule has 0 aliphatic carbocycles. The standard InChI is InChI=1S/C19H18ClN5O5/c1-30-18(27)11-2-4-13(20)10(8-11)3-5-14-15(17(22)26)16(21)25(23-14)12-6-7-24(9-12)19(28)29/h2,4,8,12H,6-7,9,21H2,1H3,(H2,22,26)(H,28,29). The van der Waals surface area contributed by atoms with Gasteiger partial charge < -0.3 is 26.2 Å². The van der Waals surface area contributed by atoms with Gasteiger partial charge in [-0.3, -0.25) is 4.79 Å². The predicted molar refractivity (Wildman–Crippen MR) is 107 cm³/mol. The van der Waals surface area contributed by atoms with E-state index in [4.69, 9.17) is 28.2 Å². The summed E-state index contributed by atoms with van der Waals surface area (Å²) in [4.78, 5) is 36.0. The number of amides is 2. The van der Waals surface area contributed by atoms with Gasteiger partial charge in [-0.2, -0.15) is 5.10 Å². The number of carboxylic acid groups (broad SMARTS) is 1. The zero-order chi connectivity index (χ0) is 22.0. The van der Waals surface area contributed by atoms with E-state index in [-0.39, 0.29) is 40.2 Å². The van der Waals surface area contributed by atoms with Crippen LogP contribution in [0.5, 0.6) is 0 Å². The summed E-state index contributed by atoms with van der Waals surface area (Å²) in [7, 11) is 1.26. The van der Waals surface area contributed by atoms with E-state index in [2.05, 4.69) is 21.7 Å². The number of ether oxygens (including phenoxy) is 1. The highest BCUT2D eigenvalue weighted by atomic mass is 35.5. The van der Waals surface area contributed by atoms with Gasteiger partial charge >= 0.3 is 12.1 Å². The number of nitrogens with zero attached hydrogens (tertiary/aromatic N) is 3. The fourth-order valence-corrected chi connectivity index (χ4v) is 3.33. The third-order valence-corrected chi connectivity index (χ3v) is 5.01. The number of hydrogen-bond acceptors (Lipinski definition) is 6. The highest BCUT2D eigenvalue weighted by molar-refractivity contribution is 6.31. The van der Waals surface area contributed by atoms with Gasteiger partial charge in [0.15, 0.2) is 5.69 Å². The maximum absolute atomic E-state index is 11.9. The molecule has 2 aromatic rings. The summed E-state index contributed by atoms with van der Waals surface area (Å²) in [5.74, 6) is 4.14. The molecule has 10 nitrogen and oxygen atoms in total. The van der Waals surface area contributed by atoms with Crippen molar-refractivity contribution in [3.8, 4) is 11.8 Å². The monoisotopic (exact) mass is 431 g/mol. The largest absolute Gasteiger partial charge is 0.465 e. The first kappa shape index (κ1) is 21.0. The molecule has 1 aliphatic rings. The third-order valence-electron chi connectivity index (χ3n) is 4.68. The van der Waals surface area contributed by atoms with Crippen molar-refractivity contribution in [1.29, 1.82) is 0 Å². The predicted octanol–water partition coefficient (Wildman–Crippen LogP) is 1.33. The van der Waals surface area contributed by atoms with Gasteiger partial charge in [-0.1, -0.05) is 17.5 Å². The van der Waals surface area contributed by atoms with Crippen LogP contribution in [0.3, 0.4) is 0 Å². The van der Waals surface area contributed by atoms with E-state index in [1.807, 2.05) is 0 Å². The molecular weight excluding hydrogens is 414 g/mol. The van der Waals surface area contributed by atoms with Crippen molar-refractivity contribution in [3.63, 3.8) is 0 Å². The molecule has 1 saturated heterocycles. The number of halogens is 1. The Labute approximate surface area is 176 Å². The van der Waals surface area contributed by atoms with Crippen LogP contribution in [0.4, 0.5) is 10.6 Å². The Morgan fingerprint density at radius 3 is 2.67 bits per heavy atom. The molecule has 1 aromatic heterocycles. The highest BCUT2D eigenvalue weighted by Gasteiger charge is 2.31. The highest BCUT2D eigenvalue weighted by Crippen LogP contribution is 2.27. The second-order valence-electron chi connectivity index (χ2n) is 6.52. The number of primary amides is 1. The molecule has 2 heterocycles. The molecule has 1 aliphatic heterocycles. The first-order chi connectivity index (χ1) is 14.2. The Morgan fingerprint density at radius 2 is 2.07 bits per heavy atom. The molecule has 0 bridgehead atoms. The van der Waals surface area contributed by atoms with Crippen molar-refractivity contribution in [2.45, 2.75) is 12.5 Å².